The predicted octanol–water partition coefficient (Wildman–Crippen LogP) is 2.87. The van der Waals surface area contributed by atoms with E-state index in [9.17, 15) is 4.79 Å². The van der Waals surface area contributed by atoms with Crippen LogP contribution in [-0.2, 0) is 13.6 Å². The first kappa shape index (κ1) is 12.7. The van der Waals surface area contributed by atoms with Gasteiger partial charge in [-0.25, -0.2) is 4.98 Å². The third-order valence-corrected chi connectivity index (χ3v) is 3.78. The third kappa shape index (κ3) is 2.03. The number of fused-ring (bicyclic) bond motifs is 1. The van der Waals surface area contributed by atoms with Crippen molar-refractivity contribution in [1.29, 1.82) is 0 Å². The molecular weight excluding hydrogens is 250 g/mol. The lowest BCUT2D eigenvalue weighted by molar-refractivity contribution is 0.0965. The lowest BCUT2D eigenvalue weighted by Gasteiger charge is -2.06. The molecule has 102 valence electrons. The lowest BCUT2D eigenvalue weighted by Crippen LogP contribution is -2.12. The third-order valence-electron chi connectivity index (χ3n) is 3.78. The quantitative estimate of drug-likeness (QED) is 0.685. The first-order valence-electron chi connectivity index (χ1n) is 6.63. The van der Waals surface area contributed by atoms with E-state index in [4.69, 9.17) is 0 Å². The summed E-state index contributed by atoms with van der Waals surface area (Å²) in [5.74, 6) is 0.0926. The van der Waals surface area contributed by atoms with Gasteiger partial charge in [0.05, 0.1) is 29.6 Å². The summed E-state index contributed by atoms with van der Waals surface area (Å²) in [6, 6.07) is 7.88. The predicted molar refractivity (Wildman–Crippen MR) is 79.0 cm³/mol. The first-order valence-corrected chi connectivity index (χ1v) is 6.63. The molecule has 0 saturated carbocycles. The molecule has 0 aliphatic carbocycles. The average Bonchev–Trinajstić information content (AvgIpc) is 2.98. The Morgan fingerprint density at radius 3 is 2.70 bits per heavy atom. The maximum Gasteiger partial charge on any atom is 0.198 e. The smallest absolute Gasteiger partial charge is 0.198 e. The summed E-state index contributed by atoms with van der Waals surface area (Å²) in [6.07, 6.45) is 3.62. The van der Waals surface area contributed by atoms with Crippen molar-refractivity contribution in [1.82, 2.24) is 14.1 Å². The van der Waals surface area contributed by atoms with Gasteiger partial charge >= 0.3 is 0 Å². The van der Waals surface area contributed by atoms with Gasteiger partial charge in [-0.05, 0) is 49.2 Å². The molecule has 0 bridgehead atoms. The van der Waals surface area contributed by atoms with E-state index >= 15 is 0 Å². The summed E-state index contributed by atoms with van der Waals surface area (Å²) in [7, 11) is 1.88. The molecule has 0 saturated heterocycles. The number of carbonyl (C=O) groups is 1. The van der Waals surface area contributed by atoms with Gasteiger partial charge < -0.3 is 9.13 Å². The molecule has 3 rings (SSSR count). The molecule has 20 heavy (non-hydrogen) atoms. The maximum absolute atomic E-state index is 12.3. The standard InChI is InChI=1S/C16H17N3O/c1-11-7-13-15(8-12(11)2)19(10-17-13)9-16(20)14-5-4-6-18(14)3/h4-8,10H,9H2,1-3H3. The number of carbonyl (C=O) groups excluding carboxylic acids is 1. The number of imidazole rings is 1. The van der Waals surface area contributed by atoms with Gasteiger partial charge in [0.15, 0.2) is 5.78 Å². The molecule has 0 aliphatic rings. The number of hydrogen-bond acceptors (Lipinski definition) is 2. The fourth-order valence-corrected chi connectivity index (χ4v) is 2.43. The minimum Gasteiger partial charge on any atom is -0.348 e. The molecule has 0 N–H and O–H groups in total. The molecule has 2 heterocycles. The number of rotatable bonds is 3. The topological polar surface area (TPSA) is 39.8 Å². The highest BCUT2D eigenvalue weighted by Gasteiger charge is 2.12. The van der Waals surface area contributed by atoms with Gasteiger partial charge in [-0.15, -0.1) is 0 Å². The van der Waals surface area contributed by atoms with Crippen LogP contribution in [0.1, 0.15) is 21.6 Å². The Bertz CT molecular complexity index is 795. The molecule has 0 radical (unpaired) electrons. The van der Waals surface area contributed by atoms with E-state index in [0.717, 1.165) is 16.7 Å². The normalized spacial score (nSPS) is 11.2. The molecule has 4 heteroatoms. The summed E-state index contributed by atoms with van der Waals surface area (Å²) in [5, 5.41) is 0. The van der Waals surface area contributed by atoms with Gasteiger partial charge in [-0.3, -0.25) is 4.79 Å². The van der Waals surface area contributed by atoms with Crippen LogP contribution in [0.3, 0.4) is 0 Å². The highest BCUT2D eigenvalue weighted by molar-refractivity contribution is 5.95. The Morgan fingerprint density at radius 2 is 2.00 bits per heavy atom. The molecule has 0 aliphatic heterocycles. The molecular formula is C16H17N3O. The van der Waals surface area contributed by atoms with Crippen LogP contribution in [-0.4, -0.2) is 19.9 Å². The summed E-state index contributed by atoms with van der Waals surface area (Å²) in [4.78, 5) is 16.7. The Kier molecular flexibility index (Phi) is 2.93. The van der Waals surface area contributed by atoms with Crippen LogP contribution < -0.4 is 0 Å². The highest BCUT2D eigenvalue weighted by atomic mass is 16.1. The number of ketones is 1. The van der Waals surface area contributed by atoms with E-state index in [1.807, 2.05) is 34.5 Å². The second-order valence-corrected chi connectivity index (χ2v) is 5.23. The average molecular weight is 267 g/mol. The Labute approximate surface area is 117 Å². The fraction of sp³-hybridized carbons (Fsp3) is 0.250. The number of aromatic nitrogens is 3. The number of Topliss-reactive ketones (excluding diaryl/α,β-unsaturated/α-hetero) is 1. The monoisotopic (exact) mass is 267 g/mol. The van der Waals surface area contributed by atoms with E-state index < -0.39 is 0 Å². The molecule has 0 spiro atoms. The van der Waals surface area contributed by atoms with E-state index in [2.05, 4.69) is 31.0 Å². The van der Waals surface area contributed by atoms with Gasteiger partial charge in [-0.2, -0.15) is 0 Å². The zero-order chi connectivity index (χ0) is 14.3. The molecule has 0 fully saturated rings. The van der Waals surface area contributed by atoms with Crippen LogP contribution in [0.4, 0.5) is 0 Å². The van der Waals surface area contributed by atoms with E-state index in [0.29, 0.717) is 6.54 Å². The molecule has 4 nitrogen and oxygen atoms in total. The van der Waals surface area contributed by atoms with Crippen molar-refractivity contribution in [2.75, 3.05) is 0 Å². The van der Waals surface area contributed by atoms with Crippen molar-refractivity contribution >= 4 is 16.8 Å². The Hall–Kier alpha value is -2.36. The van der Waals surface area contributed by atoms with Crippen LogP contribution in [0, 0.1) is 13.8 Å². The van der Waals surface area contributed by atoms with Crippen LogP contribution in [0.2, 0.25) is 0 Å². The number of aryl methyl sites for hydroxylation is 3. The van der Waals surface area contributed by atoms with Crippen LogP contribution in [0.25, 0.3) is 11.0 Å². The van der Waals surface area contributed by atoms with Crippen molar-refractivity contribution in [3.63, 3.8) is 0 Å². The molecule has 0 atom stereocenters. The maximum atomic E-state index is 12.3. The Balaban J connectivity index is 1.97. The first-order chi connectivity index (χ1) is 9.56. The summed E-state index contributed by atoms with van der Waals surface area (Å²) >= 11 is 0. The SMILES string of the molecule is Cc1cc2ncn(CC(=O)c3cccn3C)c2cc1C. The summed E-state index contributed by atoms with van der Waals surface area (Å²) in [5.41, 5.74) is 5.10. The number of hydrogen-bond donors (Lipinski definition) is 0. The second-order valence-electron chi connectivity index (χ2n) is 5.23. The lowest BCUT2D eigenvalue weighted by atomic mass is 10.1. The molecule has 1 aromatic carbocycles. The largest absolute Gasteiger partial charge is 0.348 e. The van der Waals surface area contributed by atoms with Crippen molar-refractivity contribution in [3.8, 4) is 0 Å². The van der Waals surface area contributed by atoms with E-state index in [1.54, 1.807) is 6.33 Å². The second kappa shape index (κ2) is 4.63. The van der Waals surface area contributed by atoms with Gasteiger partial charge in [0.1, 0.15) is 0 Å². The van der Waals surface area contributed by atoms with E-state index in [-0.39, 0.29) is 5.78 Å². The number of benzene rings is 1. The van der Waals surface area contributed by atoms with E-state index in [1.165, 1.54) is 11.1 Å². The summed E-state index contributed by atoms with van der Waals surface area (Å²) < 4.78 is 3.76. The highest BCUT2D eigenvalue weighted by Crippen LogP contribution is 2.18. The van der Waals surface area contributed by atoms with Crippen molar-refractivity contribution in [2.24, 2.45) is 7.05 Å². The van der Waals surface area contributed by atoms with Gasteiger partial charge in [-0.1, -0.05) is 0 Å². The molecule has 3 aromatic rings. The van der Waals surface area contributed by atoms with Crippen LogP contribution >= 0.6 is 0 Å². The van der Waals surface area contributed by atoms with Gasteiger partial charge in [0.2, 0.25) is 0 Å². The van der Waals surface area contributed by atoms with Crippen LogP contribution in [0.5, 0.6) is 0 Å². The van der Waals surface area contributed by atoms with Crippen molar-refractivity contribution < 1.29 is 4.79 Å². The Morgan fingerprint density at radius 1 is 1.25 bits per heavy atom. The molecule has 0 amide bonds. The molecule has 0 unspecified atom stereocenters. The minimum atomic E-state index is 0.0926. The van der Waals surface area contributed by atoms with Gasteiger partial charge in [0.25, 0.3) is 0 Å². The van der Waals surface area contributed by atoms with Crippen LogP contribution in [0.15, 0.2) is 36.8 Å². The summed E-state index contributed by atoms with van der Waals surface area (Å²) in [6.45, 7) is 4.46. The fourth-order valence-electron chi connectivity index (χ4n) is 2.43. The van der Waals surface area contributed by atoms with Gasteiger partial charge in [0, 0.05) is 13.2 Å². The van der Waals surface area contributed by atoms with Crippen molar-refractivity contribution in [2.45, 2.75) is 20.4 Å². The zero-order valence-corrected chi connectivity index (χ0v) is 11.9. The zero-order valence-electron chi connectivity index (χ0n) is 11.9. The number of nitrogens with zero attached hydrogens (tertiary/aromatic N) is 3. The van der Waals surface area contributed by atoms with Crippen molar-refractivity contribution in [3.05, 3.63) is 53.6 Å². The molecule has 2 aromatic heterocycles. The minimum absolute atomic E-state index is 0.0926.